The Morgan fingerprint density at radius 2 is 2.00 bits per heavy atom. The van der Waals surface area contributed by atoms with Gasteiger partial charge in [-0.05, 0) is 30.9 Å². The van der Waals surface area contributed by atoms with Gasteiger partial charge in [0.15, 0.2) is 5.96 Å². The van der Waals surface area contributed by atoms with E-state index in [0.29, 0.717) is 18.5 Å². The summed E-state index contributed by atoms with van der Waals surface area (Å²) in [4.78, 5) is 18.7. The van der Waals surface area contributed by atoms with E-state index in [4.69, 9.17) is 0 Å². The second-order valence-electron chi connectivity index (χ2n) is 6.80. The van der Waals surface area contributed by atoms with E-state index in [1.165, 1.54) is 30.4 Å². The molecule has 1 aliphatic rings. The van der Waals surface area contributed by atoms with Crippen LogP contribution in [0, 0.1) is 0 Å². The van der Waals surface area contributed by atoms with Crippen molar-refractivity contribution in [3.05, 3.63) is 35.4 Å². The van der Waals surface area contributed by atoms with Crippen molar-refractivity contribution >= 4 is 35.8 Å². The van der Waals surface area contributed by atoms with Gasteiger partial charge in [0.1, 0.15) is 0 Å². The molecule has 1 heterocycles. The van der Waals surface area contributed by atoms with Crippen LogP contribution in [0.2, 0.25) is 0 Å². The lowest BCUT2D eigenvalue weighted by Gasteiger charge is -2.29. The van der Waals surface area contributed by atoms with E-state index >= 15 is 0 Å². The van der Waals surface area contributed by atoms with E-state index in [-0.39, 0.29) is 36.4 Å². The molecular formula is C20H33IN4O. The average Bonchev–Trinajstić information content (AvgIpc) is 2.64. The minimum atomic E-state index is 0. The number of carbonyl (C=O) groups excluding carboxylic acids is 1. The topological polar surface area (TPSA) is 56.7 Å². The highest BCUT2D eigenvalue weighted by Gasteiger charge is 2.20. The van der Waals surface area contributed by atoms with E-state index < -0.39 is 0 Å². The van der Waals surface area contributed by atoms with Crippen molar-refractivity contribution in [1.82, 2.24) is 15.5 Å². The normalized spacial score (nSPS) is 14.9. The van der Waals surface area contributed by atoms with Crippen LogP contribution in [0.4, 0.5) is 0 Å². The molecule has 1 aromatic carbocycles. The van der Waals surface area contributed by atoms with E-state index in [0.717, 1.165) is 19.4 Å². The molecule has 1 amide bonds. The smallest absolute Gasteiger partial charge is 0.242 e. The third-order valence-corrected chi connectivity index (χ3v) is 4.74. The Morgan fingerprint density at radius 3 is 2.69 bits per heavy atom. The molecule has 0 saturated carbocycles. The number of benzene rings is 1. The SMILES string of the molecule is CCCCCC(C)NC(=NC)NCC(=O)N1CCc2ccccc2C1.I. The summed E-state index contributed by atoms with van der Waals surface area (Å²) in [5, 5.41) is 6.53. The van der Waals surface area contributed by atoms with Crippen molar-refractivity contribution < 1.29 is 4.79 Å². The second kappa shape index (κ2) is 12.1. The molecule has 5 nitrogen and oxygen atoms in total. The third-order valence-electron chi connectivity index (χ3n) is 4.74. The van der Waals surface area contributed by atoms with Gasteiger partial charge in [-0.3, -0.25) is 9.79 Å². The number of hydrogen-bond acceptors (Lipinski definition) is 2. The predicted molar refractivity (Wildman–Crippen MR) is 119 cm³/mol. The number of nitrogens with one attached hydrogen (secondary N) is 2. The van der Waals surface area contributed by atoms with E-state index in [1.807, 2.05) is 11.0 Å². The first-order valence-corrected chi connectivity index (χ1v) is 9.45. The zero-order valence-electron chi connectivity index (χ0n) is 16.3. The first-order chi connectivity index (χ1) is 12.1. The van der Waals surface area contributed by atoms with E-state index in [1.54, 1.807) is 7.05 Å². The van der Waals surface area contributed by atoms with Gasteiger partial charge in [-0.25, -0.2) is 0 Å². The van der Waals surface area contributed by atoms with Gasteiger partial charge in [0, 0.05) is 26.2 Å². The molecule has 1 aromatic rings. The third kappa shape index (κ3) is 7.13. The lowest BCUT2D eigenvalue weighted by Crippen LogP contribution is -2.47. The van der Waals surface area contributed by atoms with Crippen LogP contribution in [0.25, 0.3) is 0 Å². The van der Waals surface area contributed by atoms with Crippen LogP contribution in [-0.4, -0.2) is 42.9 Å². The largest absolute Gasteiger partial charge is 0.354 e. The van der Waals surface area contributed by atoms with E-state index in [9.17, 15) is 4.79 Å². The minimum absolute atomic E-state index is 0. The molecular weight excluding hydrogens is 439 g/mol. The maximum absolute atomic E-state index is 12.5. The van der Waals surface area contributed by atoms with Gasteiger partial charge in [-0.1, -0.05) is 50.5 Å². The van der Waals surface area contributed by atoms with Crippen LogP contribution in [0.3, 0.4) is 0 Å². The molecule has 0 aromatic heterocycles. The number of rotatable bonds is 7. The highest BCUT2D eigenvalue weighted by atomic mass is 127. The molecule has 0 saturated heterocycles. The molecule has 0 bridgehead atoms. The van der Waals surface area contributed by atoms with Crippen LogP contribution in [-0.2, 0) is 17.8 Å². The Morgan fingerprint density at radius 1 is 1.27 bits per heavy atom. The number of guanidine groups is 1. The fourth-order valence-electron chi connectivity index (χ4n) is 3.18. The fraction of sp³-hybridized carbons (Fsp3) is 0.600. The Hall–Kier alpha value is -1.31. The molecule has 0 aliphatic carbocycles. The first kappa shape index (κ1) is 22.7. The maximum atomic E-state index is 12.5. The molecule has 146 valence electrons. The van der Waals surface area contributed by atoms with Gasteiger partial charge >= 0.3 is 0 Å². The van der Waals surface area contributed by atoms with Gasteiger partial charge < -0.3 is 15.5 Å². The summed E-state index contributed by atoms with van der Waals surface area (Å²) in [5.41, 5.74) is 2.62. The molecule has 2 N–H and O–H groups in total. The number of aliphatic imine (C=N–C) groups is 1. The molecule has 1 aliphatic heterocycles. The summed E-state index contributed by atoms with van der Waals surface area (Å²) in [7, 11) is 1.75. The summed E-state index contributed by atoms with van der Waals surface area (Å²) >= 11 is 0. The van der Waals surface area contributed by atoms with Crippen LogP contribution in [0.5, 0.6) is 0 Å². The van der Waals surface area contributed by atoms with Gasteiger partial charge in [-0.15, -0.1) is 24.0 Å². The van der Waals surface area contributed by atoms with Gasteiger partial charge in [0.05, 0.1) is 6.54 Å². The Balaban J connectivity index is 0.00000338. The standard InChI is InChI=1S/C20H32N4O.HI/c1-4-5-6-9-16(2)23-20(21-3)22-14-19(25)24-13-12-17-10-7-8-11-18(17)15-24;/h7-8,10-11,16H,4-6,9,12-15H2,1-3H3,(H2,21,22,23);1H. The monoisotopic (exact) mass is 472 g/mol. The average molecular weight is 472 g/mol. The van der Waals surface area contributed by atoms with Crippen molar-refractivity contribution in [1.29, 1.82) is 0 Å². The van der Waals surface area contributed by atoms with Crippen LogP contribution < -0.4 is 10.6 Å². The second-order valence-corrected chi connectivity index (χ2v) is 6.80. The van der Waals surface area contributed by atoms with Gasteiger partial charge in [0.25, 0.3) is 0 Å². The Labute approximate surface area is 175 Å². The minimum Gasteiger partial charge on any atom is -0.354 e. The van der Waals surface area contributed by atoms with Crippen molar-refractivity contribution in [2.24, 2.45) is 4.99 Å². The molecule has 0 fully saturated rings. The van der Waals surface area contributed by atoms with Gasteiger partial charge in [0.2, 0.25) is 5.91 Å². The summed E-state index contributed by atoms with van der Waals surface area (Å²) in [6.07, 6.45) is 5.75. The van der Waals surface area contributed by atoms with Gasteiger partial charge in [-0.2, -0.15) is 0 Å². The molecule has 26 heavy (non-hydrogen) atoms. The van der Waals surface area contributed by atoms with Crippen LogP contribution in [0.15, 0.2) is 29.3 Å². The van der Waals surface area contributed by atoms with Crippen LogP contribution in [0.1, 0.15) is 50.7 Å². The molecule has 1 unspecified atom stereocenters. The molecule has 0 radical (unpaired) electrons. The maximum Gasteiger partial charge on any atom is 0.242 e. The summed E-state index contributed by atoms with van der Waals surface area (Å²) in [5.74, 6) is 0.825. The molecule has 2 rings (SSSR count). The van der Waals surface area contributed by atoms with Crippen molar-refractivity contribution in [2.45, 2.75) is 58.5 Å². The number of amides is 1. The fourth-order valence-corrected chi connectivity index (χ4v) is 3.18. The number of fused-ring (bicyclic) bond motifs is 1. The highest BCUT2D eigenvalue weighted by Crippen LogP contribution is 2.18. The number of hydrogen-bond donors (Lipinski definition) is 2. The quantitative estimate of drug-likeness (QED) is 0.277. The Bertz CT molecular complexity index is 591. The van der Waals surface area contributed by atoms with Crippen molar-refractivity contribution in [2.75, 3.05) is 20.1 Å². The summed E-state index contributed by atoms with van der Waals surface area (Å²) < 4.78 is 0. The molecule has 1 atom stereocenters. The number of unbranched alkanes of at least 4 members (excludes halogenated alkanes) is 2. The van der Waals surface area contributed by atoms with E-state index in [2.05, 4.69) is 47.7 Å². The Kier molecular flexibility index (Phi) is 10.6. The first-order valence-electron chi connectivity index (χ1n) is 9.45. The predicted octanol–water partition coefficient (Wildman–Crippen LogP) is 3.32. The summed E-state index contributed by atoms with van der Waals surface area (Å²) in [6, 6.07) is 8.72. The molecule has 6 heteroatoms. The number of carbonyl (C=O) groups is 1. The number of nitrogens with zero attached hydrogens (tertiary/aromatic N) is 2. The highest BCUT2D eigenvalue weighted by molar-refractivity contribution is 14.0. The number of halogens is 1. The summed E-state index contributed by atoms with van der Waals surface area (Å²) in [6.45, 7) is 6.14. The lowest BCUT2D eigenvalue weighted by atomic mass is 10.00. The lowest BCUT2D eigenvalue weighted by molar-refractivity contribution is -0.130. The molecule has 0 spiro atoms. The zero-order valence-corrected chi connectivity index (χ0v) is 18.6. The van der Waals surface area contributed by atoms with Crippen molar-refractivity contribution in [3.8, 4) is 0 Å². The van der Waals surface area contributed by atoms with Crippen LogP contribution >= 0.6 is 24.0 Å². The van der Waals surface area contributed by atoms with Crippen molar-refractivity contribution in [3.63, 3.8) is 0 Å². The zero-order chi connectivity index (χ0) is 18.1.